The van der Waals surface area contributed by atoms with Crippen molar-refractivity contribution in [3.05, 3.63) is 102 Å². The van der Waals surface area contributed by atoms with Crippen LogP contribution in [0.4, 0.5) is 5.69 Å². The zero-order valence-corrected chi connectivity index (χ0v) is 25.2. The molecule has 5 aromatic rings. The number of benzene rings is 4. The first-order valence-corrected chi connectivity index (χ1v) is 14.1. The van der Waals surface area contributed by atoms with Crippen molar-refractivity contribution in [1.82, 2.24) is 4.98 Å². The van der Waals surface area contributed by atoms with Crippen LogP contribution in [0.2, 0.25) is 0 Å². The average molecular weight is 652 g/mol. The Kier molecular flexibility index (Phi) is 9.13. The fraction of sp³-hybridized carbons (Fsp3) is 0.129. The Labute approximate surface area is 253 Å². The molecule has 0 aliphatic carbocycles. The van der Waals surface area contributed by atoms with E-state index in [-0.39, 0.29) is 51.7 Å². The molecule has 0 aliphatic heterocycles. The number of aliphatic carboxylic acids is 1. The number of hydrogen-bond acceptors (Lipinski definition) is 7. The van der Waals surface area contributed by atoms with Crippen LogP contribution in [0.15, 0.2) is 95.9 Å². The number of aryl methyl sites for hydroxylation is 1. The van der Waals surface area contributed by atoms with Gasteiger partial charge in [0, 0.05) is 23.3 Å². The molecule has 1 aromatic heterocycles. The summed E-state index contributed by atoms with van der Waals surface area (Å²) < 4.78 is 40.2. The average Bonchev–Trinajstić information content (AvgIpc) is 2.99. The number of carbonyl (C=O) groups is 2. The number of methoxy groups -OCH3 is 2. The molecule has 0 radical (unpaired) electrons. The Bertz CT molecular complexity index is 1840. The SMILES string of the molecule is Br.COc1ccc(N(C(=O)c2c3ccccc3nc3ccccc23)S(=O)(=O)c2ccc(CCC(=O)O)cc2)c(OC)c1. The molecular weight excluding hydrogens is 624 g/mol. The van der Waals surface area contributed by atoms with Crippen molar-refractivity contribution in [1.29, 1.82) is 0 Å². The van der Waals surface area contributed by atoms with Gasteiger partial charge in [0.05, 0.1) is 35.7 Å². The van der Waals surface area contributed by atoms with Gasteiger partial charge in [-0.2, -0.15) is 4.31 Å². The molecule has 0 aliphatic rings. The van der Waals surface area contributed by atoms with Gasteiger partial charge in [0.1, 0.15) is 17.2 Å². The molecule has 1 N–H and O–H groups in total. The molecule has 1 amide bonds. The van der Waals surface area contributed by atoms with E-state index in [1.54, 1.807) is 66.7 Å². The molecule has 0 atom stereocenters. The van der Waals surface area contributed by atoms with Crippen LogP contribution in [-0.4, -0.2) is 44.6 Å². The van der Waals surface area contributed by atoms with Crippen LogP contribution in [-0.2, 0) is 21.2 Å². The van der Waals surface area contributed by atoms with Gasteiger partial charge in [0.25, 0.3) is 15.9 Å². The largest absolute Gasteiger partial charge is 0.497 e. The van der Waals surface area contributed by atoms with E-state index < -0.39 is 21.9 Å². The quantitative estimate of drug-likeness (QED) is 0.192. The first-order valence-electron chi connectivity index (χ1n) is 12.6. The van der Waals surface area contributed by atoms with Gasteiger partial charge in [0.15, 0.2) is 0 Å². The van der Waals surface area contributed by atoms with Crippen LogP contribution in [0, 0.1) is 0 Å². The smallest absolute Gasteiger partial charge is 0.303 e. The number of nitrogens with zero attached hydrogens (tertiary/aromatic N) is 2. The second-order valence-electron chi connectivity index (χ2n) is 9.17. The minimum atomic E-state index is -4.51. The lowest BCUT2D eigenvalue weighted by molar-refractivity contribution is -0.136. The van der Waals surface area contributed by atoms with Gasteiger partial charge in [-0.25, -0.2) is 13.4 Å². The van der Waals surface area contributed by atoms with Crippen LogP contribution in [0.3, 0.4) is 0 Å². The van der Waals surface area contributed by atoms with E-state index >= 15 is 0 Å². The molecule has 216 valence electrons. The zero-order valence-electron chi connectivity index (χ0n) is 22.7. The van der Waals surface area contributed by atoms with E-state index in [4.69, 9.17) is 14.6 Å². The Balaban J connectivity index is 0.00000405. The van der Waals surface area contributed by atoms with E-state index in [1.807, 2.05) is 0 Å². The number of aromatic nitrogens is 1. The summed E-state index contributed by atoms with van der Waals surface area (Å²) in [6.07, 6.45) is 0.140. The van der Waals surface area contributed by atoms with Crippen LogP contribution < -0.4 is 13.8 Å². The van der Waals surface area contributed by atoms with Crippen molar-refractivity contribution in [2.45, 2.75) is 17.7 Å². The van der Waals surface area contributed by atoms with E-state index in [0.717, 1.165) is 4.31 Å². The summed E-state index contributed by atoms with van der Waals surface area (Å²) >= 11 is 0. The Morgan fingerprint density at radius 3 is 1.98 bits per heavy atom. The summed E-state index contributed by atoms with van der Waals surface area (Å²) in [5, 5.41) is 9.99. The molecule has 0 fully saturated rings. The van der Waals surface area contributed by atoms with Gasteiger partial charge in [0.2, 0.25) is 0 Å². The van der Waals surface area contributed by atoms with Gasteiger partial charge >= 0.3 is 5.97 Å². The molecule has 42 heavy (non-hydrogen) atoms. The van der Waals surface area contributed by atoms with Crippen LogP contribution >= 0.6 is 17.0 Å². The van der Waals surface area contributed by atoms with E-state index in [0.29, 0.717) is 33.1 Å². The lowest BCUT2D eigenvalue weighted by atomic mass is 10.0. The third-order valence-electron chi connectivity index (χ3n) is 6.68. The van der Waals surface area contributed by atoms with Crippen molar-refractivity contribution in [2.24, 2.45) is 0 Å². The van der Waals surface area contributed by atoms with Gasteiger partial charge in [-0.3, -0.25) is 9.59 Å². The summed E-state index contributed by atoms with van der Waals surface area (Å²) in [7, 11) is -1.67. The van der Waals surface area contributed by atoms with Crippen LogP contribution in [0.1, 0.15) is 22.3 Å². The van der Waals surface area contributed by atoms with Crippen LogP contribution in [0.5, 0.6) is 11.5 Å². The fourth-order valence-corrected chi connectivity index (χ4v) is 6.07. The topological polar surface area (TPSA) is 123 Å². The number of amides is 1. The van der Waals surface area contributed by atoms with Gasteiger partial charge in [-0.05, 0) is 48.4 Å². The summed E-state index contributed by atoms with van der Waals surface area (Å²) in [5.41, 5.74) is 1.90. The number of ether oxygens (including phenoxy) is 2. The molecule has 4 aromatic carbocycles. The lowest BCUT2D eigenvalue weighted by Crippen LogP contribution is -2.37. The van der Waals surface area contributed by atoms with Crippen molar-refractivity contribution >= 4 is 66.4 Å². The molecular formula is C31H27BrN2O7S. The summed E-state index contributed by atoms with van der Waals surface area (Å²) in [5.74, 6) is -1.22. The van der Waals surface area contributed by atoms with Crippen LogP contribution in [0.25, 0.3) is 21.8 Å². The highest BCUT2D eigenvalue weighted by Gasteiger charge is 2.36. The minimum Gasteiger partial charge on any atom is -0.497 e. The summed E-state index contributed by atoms with van der Waals surface area (Å²) in [6, 6.07) is 24.4. The zero-order chi connectivity index (χ0) is 29.1. The first-order chi connectivity index (χ1) is 19.7. The molecule has 1 heterocycles. The normalized spacial score (nSPS) is 11.1. The van der Waals surface area contributed by atoms with Gasteiger partial charge in [-0.1, -0.05) is 48.5 Å². The van der Waals surface area contributed by atoms with Gasteiger partial charge in [-0.15, -0.1) is 17.0 Å². The first kappa shape index (κ1) is 30.5. The Morgan fingerprint density at radius 1 is 0.833 bits per heavy atom. The molecule has 0 saturated carbocycles. The van der Waals surface area contributed by atoms with Crippen molar-refractivity contribution in [3.8, 4) is 11.5 Å². The summed E-state index contributed by atoms with van der Waals surface area (Å²) in [4.78, 5) is 30.1. The number of carboxylic acids is 1. The highest BCUT2D eigenvalue weighted by atomic mass is 79.9. The molecule has 9 nitrogen and oxygen atoms in total. The summed E-state index contributed by atoms with van der Waals surface area (Å²) in [6.45, 7) is 0. The van der Waals surface area contributed by atoms with E-state index in [2.05, 4.69) is 4.98 Å². The molecule has 0 saturated heterocycles. The molecule has 11 heteroatoms. The number of halogens is 1. The second kappa shape index (κ2) is 12.6. The predicted octanol–water partition coefficient (Wildman–Crippen LogP) is 6.04. The monoisotopic (exact) mass is 650 g/mol. The number of hydrogen-bond donors (Lipinski definition) is 1. The third-order valence-corrected chi connectivity index (χ3v) is 8.39. The van der Waals surface area contributed by atoms with Crippen molar-refractivity contribution < 1.29 is 32.6 Å². The number of fused-ring (bicyclic) bond motifs is 2. The van der Waals surface area contributed by atoms with Gasteiger partial charge < -0.3 is 14.6 Å². The number of sulfonamides is 1. The van der Waals surface area contributed by atoms with E-state index in [1.165, 1.54) is 38.5 Å². The predicted molar refractivity (Wildman–Crippen MR) is 166 cm³/mol. The highest BCUT2D eigenvalue weighted by Crippen LogP contribution is 2.38. The Hall–Kier alpha value is -4.48. The number of para-hydroxylation sites is 2. The maximum absolute atomic E-state index is 14.6. The number of carbonyl (C=O) groups excluding carboxylic acids is 1. The molecule has 0 unspecified atom stereocenters. The number of anilines is 1. The number of pyridine rings is 1. The van der Waals surface area contributed by atoms with Crippen molar-refractivity contribution in [2.75, 3.05) is 18.5 Å². The standard InChI is InChI=1S/C31H26N2O7S.BrH/c1-39-21-14-17-27(28(19-21)40-2)33(41(37,38)22-15-11-20(12-16-22)13-18-29(34)35)31(36)30-23-7-3-5-9-25(23)32-26-10-6-4-8-24(26)30;/h3-12,14-17,19H,13,18H2,1-2H3,(H,34,35);1H. The number of rotatable bonds is 9. The Morgan fingerprint density at radius 2 is 1.43 bits per heavy atom. The maximum Gasteiger partial charge on any atom is 0.303 e. The van der Waals surface area contributed by atoms with Crippen molar-refractivity contribution in [3.63, 3.8) is 0 Å². The molecule has 0 spiro atoms. The fourth-order valence-electron chi connectivity index (χ4n) is 4.66. The molecule has 5 rings (SSSR count). The maximum atomic E-state index is 14.6. The highest BCUT2D eigenvalue weighted by molar-refractivity contribution is 8.93. The number of carboxylic acid groups (broad SMARTS) is 1. The molecule has 0 bridgehead atoms. The van der Waals surface area contributed by atoms with E-state index in [9.17, 15) is 18.0 Å². The third kappa shape index (κ3) is 5.79. The second-order valence-corrected chi connectivity index (χ2v) is 11.0. The lowest BCUT2D eigenvalue weighted by Gasteiger charge is -2.26. The minimum absolute atomic E-state index is 0.